The highest BCUT2D eigenvalue weighted by atomic mass is 16.2. The van der Waals surface area contributed by atoms with E-state index in [-0.39, 0.29) is 0 Å². The number of imidazole rings is 1. The van der Waals surface area contributed by atoms with Crippen LogP contribution < -0.4 is 0 Å². The molecule has 34 heavy (non-hydrogen) atoms. The lowest BCUT2D eigenvalue weighted by molar-refractivity contribution is -0.134. The summed E-state index contributed by atoms with van der Waals surface area (Å²) in [4.78, 5) is 37.7. The molecule has 1 aromatic carbocycles. The van der Waals surface area contributed by atoms with Gasteiger partial charge in [-0.25, -0.2) is 15.0 Å². The highest BCUT2D eigenvalue weighted by molar-refractivity contribution is 5.82. The van der Waals surface area contributed by atoms with Gasteiger partial charge < -0.3 is 9.88 Å². The van der Waals surface area contributed by atoms with Crippen LogP contribution in [0.4, 0.5) is 0 Å². The first-order valence-corrected chi connectivity index (χ1v) is 11.9. The topological polar surface area (TPSA) is 90.9 Å². The molecule has 1 aliphatic carbocycles. The van der Waals surface area contributed by atoms with Crippen molar-refractivity contribution in [1.82, 2.24) is 34.7 Å². The first kappa shape index (κ1) is 20.9. The summed E-state index contributed by atoms with van der Waals surface area (Å²) in [6.45, 7) is 4.40. The largest absolute Gasteiger partial charge is 0.342 e. The van der Waals surface area contributed by atoms with E-state index in [1.54, 1.807) is 0 Å². The Labute approximate surface area is 198 Å². The molecule has 2 aliphatic rings. The van der Waals surface area contributed by atoms with E-state index in [9.17, 15) is 4.79 Å². The van der Waals surface area contributed by atoms with Crippen molar-refractivity contribution in [2.45, 2.75) is 25.8 Å². The van der Waals surface area contributed by atoms with Crippen LogP contribution in [0.25, 0.3) is 22.2 Å². The van der Waals surface area contributed by atoms with Gasteiger partial charge in [0.2, 0.25) is 5.91 Å². The smallest absolute Gasteiger partial charge is 0.225 e. The fourth-order valence-corrected chi connectivity index (χ4v) is 4.64. The van der Waals surface area contributed by atoms with Gasteiger partial charge in [-0.3, -0.25) is 14.7 Å². The Morgan fingerprint density at radius 3 is 2.62 bits per heavy atom. The van der Waals surface area contributed by atoms with Crippen LogP contribution in [-0.2, 0) is 17.8 Å². The van der Waals surface area contributed by atoms with E-state index < -0.39 is 0 Å². The van der Waals surface area contributed by atoms with E-state index in [0.717, 1.165) is 79.2 Å². The van der Waals surface area contributed by atoms with Crippen LogP contribution in [0.5, 0.6) is 0 Å². The van der Waals surface area contributed by atoms with Crippen molar-refractivity contribution in [1.29, 1.82) is 0 Å². The van der Waals surface area contributed by atoms with E-state index in [2.05, 4.69) is 43.0 Å². The monoisotopic (exact) mass is 453 g/mol. The molecule has 0 atom stereocenters. The van der Waals surface area contributed by atoms with Crippen molar-refractivity contribution in [2.24, 2.45) is 5.92 Å². The summed E-state index contributed by atoms with van der Waals surface area (Å²) in [6.07, 6.45) is 9.84. The highest BCUT2D eigenvalue weighted by Gasteiger charge is 2.34. The molecule has 6 rings (SSSR count). The van der Waals surface area contributed by atoms with Crippen LogP contribution in [0.1, 0.15) is 29.9 Å². The predicted molar refractivity (Wildman–Crippen MR) is 129 cm³/mol. The standard InChI is InChI=1S/C26H27N7O/c34-26(19-1-2-19)33-9-7-32(8-10-33)16-18-5-6-29-22(11-18)13-25-30-23-4-3-20(12-24(23)31-25)21-14-27-17-28-15-21/h3-6,11-12,14-15,17,19H,1-2,7-10,13,16H2,(H,30,31). The summed E-state index contributed by atoms with van der Waals surface area (Å²) in [5.74, 6) is 1.57. The molecular weight excluding hydrogens is 426 g/mol. The summed E-state index contributed by atoms with van der Waals surface area (Å²) in [7, 11) is 0. The maximum atomic E-state index is 12.3. The number of fused-ring (bicyclic) bond motifs is 1. The number of rotatable bonds is 6. The molecule has 0 unspecified atom stereocenters. The summed E-state index contributed by atoms with van der Waals surface area (Å²) < 4.78 is 0. The van der Waals surface area contributed by atoms with Gasteiger partial charge >= 0.3 is 0 Å². The van der Waals surface area contributed by atoms with Crippen molar-refractivity contribution >= 4 is 16.9 Å². The number of H-pyrrole nitrogens is 1. The van der Waals surface area contributed by atoms with Gasteiger partial charge in [-0.15, -0.1) is 0 Å². The van der Waals surface area contributed by atoms with E-state index in [4.69, 9.17) is 4.98 Å². The van der Waals surface area contributed by atoms with Crippen LogP contribution in [0.15, 0.2) is 55.2 Å². The Bertz CT molecular complexity index is 1310. The van der Waals surface area contributed by atoms with Crippen LogP contribution in [0.3, 0.4) is 0 Å². The fraction of sp³-hybridized carbons (Fsp3) is 0.346. The SMILES string of the molecule is O=C(C1CC1)N1CCN(Cc2ccnc(Cc3nc4ccc(-c5cncnc5)cc4[nH]3)c2)CC1. The van der Waals surface area contributed by atoms with E-state index in [1.807, 2.05) is 35.6 Å². The van der Waals surface area contributed by atoms with E-state index in [1.165, 1.54) is 11.9 Å². The lowest BCUT2D eigenvalue weighted by Crippen LogP contribution is -2.48. The molecule has 1 N–H and O–H groups in total. The number of amides is 1. The van der Waals surface area contributed by atoms with E-state index >= 15 is 0 Å². The molecule has 4 aromatic rings. The number of nitrogens with one attached hydrogen (secondary N) is 1. The van der Waals surface area contributed by atoms with Gasteiger partial charge in [0.15, 0.2) is 0 Å². The Kier molecular flexibility index (Phi) is 5.50. The predicted octanol–water partition coefficient (Wildman–Crippen LogP) is 3.06. The second-order valence-electron chi connectivity index (χ2n) is 9.25. The Balaban J connectivity index is 1.11. The van der Waals surface area contributed by atoms with Crippen molar-refractivity contribution in [3.8, 4) is 11.1 Å². The van der Waals surface area contributed by atoms with Crippen molar-refractivity contribution in [2.75, 3.05) is 26.2 Å². The third-order valence-corrected chi connectivity index (χ3v) is 6.67. The number of nitrogens with zero attached hydrogens (tertiary/aromatic N) is 6. The van der Waals surface area contributed by atoms with Crippen molar-refractivity contribution in [3.63, 3.8) is 0 Å². The minimum atomic E-state index is 0.312. The lowest BCUT2D eigenvalue weighted by Gasteiger charge is -2.35. The molecule has 4 heterocycles. The number of hydrogen-bond acceptors (Lipinski definition) is 6. The number of aromatic nitrogens is 5. The molecule has 1 saturated carbocycles. The maximum absolute atomic E-state index is 12.3. The number of piperazine rings is 1. The molecule has 0 bridgehead atoms. The molecule has 172 valence electrons. The van der Waals surface area contributed by atoms with E-state index in [0.29, 0.717) is 18.2 Å². The molecule has 2 fully saturated rings. The van der Waals surface area contributed by atoms with Crippen LogP contribution in [0, 0.1) is 5.92 Å². The summed E-state index contributed by atoms with van der Waals surface area (Å²) in [5, 5.41) is 0. The summed E-state index contributed by atoms with van der Waals surface area (Å²) in [5.41, 5.74) is 6.21. The molecule has 0 spiro atoms. The average Bonchev–Trinajstić information content (AvgIpc) is 3.64. The van der Waals surface area contributed by atoms with Gasteiger partial charge in [0.05, 0.1) is 11.0 Å². The average molecular weight is 454 g/mol. The Morgan fingerprint density at radius 1 is 1.00 bits per heavy atom. The van der Waals surface area contributed by atoms with Crippen LogP contribution in [-0.4, -0.2) is 66.8 Å². The fourth-order valence-electron chi connectivity index (χ4n) is 4.64. The zero-order valence-electron chi connectivity index (χ0n) is 19.0. The van der Waals surface area contributed by atoms with Gasteiger partial charge in [0.25, 0.3) is 0 Å². The molecule has 1 saturated heterocycles. The molecular formula is C26H27N7O. The Hall–Kier alpha value is -3.65. The Morgan fingerprint density at radius 2 is 1.82 bits per heavy atom. The second-order valence-corrected chi connectivity index (χ2v) is 9.25. The number of hydrogen-bond donors (Lipinski definition) is 1. The van der Waals surface area contributed by atoms with Crippen molar-refractivity contribution < 1.29 is 4.79 Å². The van der Waals surface area contributed by atoms with Crippen molar-refractivity contribution in [3.05, 3.63) is 72.3 Å². The number of pyridine rings is 1. The van der Waals surface area contributed by atoms with Gasteiger partial charge in [-0.2, -0.15) is 0 Å². The summed E-state index contributed by atoms with van der Waals surface area (Å²) in [6, 6.07) is 10.4. The number of aromatic amines is 1. The lowest BCUT2D eigenvalue weighted by atomic mass is 10.1. The van der Waals surface area contributed by atoms with Gasteiger partial charge in [-0.1, -0.05) is 6.07 Å². The molecule has 0 radical (unpaired) electrons. The third kappa shape index (κ3) is 4.54. The van der Waals surface area contributed by atoms with Gasteiger partial charge in [0.1, 0.15) is 12.2 Å². The number of carbonyl (C=O) groups excluding carboxylic acids is 1. The first-order chi connectivity index (χ1) is 16.7. The second kappa shape index (κ2) is 8.95. The maximum Gasteiger partial charge on any atom is 0.225 e. The molecule has 8 nitrogen and oxygen atoms in total. The molecule has 8 heteroatoms. The molecule has 1 amide bonds. The van der Waals surface area contributed by atoms with Crippen LogP contribution >= 0.6 is 0 Å². The minimum absolute atomic E-state index is 0.312. The highest BCUT2D eigenvalue weighted by Crippen LogP contribution is 2.31. The number of carbonyl (C=O) groups is 1. The third-order valence-electron chi connectivity index (χ3n) is 6.67. The summed E-state index contributed by atoms with van der Waals surface area (Å²) >= 11 is 0. The minimum Gasteiger partial charge on any atom is -0.342 e. The number of benzene rings is 1. The zero-order valence-corrected chi connectivity index (χ0v) is 19.0. The van der Waals surface area contributed by atoms with Gasteiger partial charge in [0, 0.05) is 74.9 Å². The quantitative estimate of drug-likeness (QED) is 0.483. The normalized spacial score (nSPS) is 16.8. The molecule has 3 aromatic heterocycles. The first-order valence-electron chi connectivity index (χ1n) is 11.9. The zero-order chi connectivity index (χ0) is 22.9. The van der Waals surface area contributed by atoms with Crippen LogP contribution in [0.2, 0.25) is 0 Å². The van der Waals surface area contributed by atoms with Gasteiger partial charge in [-0.05, 0) is 48.2 Å². The molecule has 1 aliphatic heterocycles.